The van der Waals surface area contributed by atoms with Crippen LogP contribution >= 0.6 is 0 Å². The molecule has 0 aliphatic heterocycles. The van der Waals surface area contributed by atoms with Crippen LogP contribution in [-0.4, -0.2) is 65.7 Å². The van der Waals surface area contributed by atoms with Gasteiger partial charge in [0.05, 0.1) is 17.1 Å². The molecule has 1 aromatic rings. The number of benzene rings is 1. The molecule has 11 heteroatoms. The number of hydrogen-bond acceptors (Lipinski definition) is 7. The van der Waals surface area contributed by atoms with Gasteiger partial charge in [-0.05, 0) is 50.8 Å². The molecule has 3 atom stereocenters. The van der Waals surface area contributed by atoms with Gasteiger partial charge in [0, 0.05) is 24.4 Å². The number of aliphatic hydroxyl groups is 1. The van der Waals surface area contributed by atoms with Crippen molar-refractivity contribution in [3.8, 4) is 0 Å². The lowest BCUT2D eigenvalue weighted by molar-refractivity contribution is -0.508. The summed E-state index contributed by atoms with van der Waals surface area (Å²) in [5.41, 5.74) is 0.0976. The first kappa shape index (κ1) is 29.5. The molecular weight excluding hydrogens is 486 g/mol. The highest BCUT2D eigenvalue weighted by Crippen LogP contribution is 2.23. The Hall–Kier alpha value is -2.76. The van der Waals surface area contributed by atoms with Crippen LogP contribution in [-0.2, 0) is 21.2 Å². The maximum atomic E-state index is 13.4. The number of nitrogens with one attached hydrogen (secondary N) is 1. The van der Waals surface area contributed by atoms with E-state index in [2.05, 4.69) is 5.32 Å². The van der Waals surface area contributed by atoms with Crippen LogP contribution in [0.25, 0.3) is 0 Å². The van der Waals surface area contributed by atoms with E-state index >= 15 is 0 Å². The third kappa shape index (κ3) is 9.03. The molecule has 1 aromatic carbocycles. The Kier molecular flexibility index (Phi) is 10.2. The largest absolute Gasteiger partial charge is 0.444 e. The number of carbonyl (C=O) groups is 1. The number of hydrogen-bond donors (Lipinski definition) is 2. The van der Waals surface area contributed by atoms with Gasteiger partial charge in [0.2, 0.25) is 16.1 Å². The van der Waals surface area contributed by atoms with Gasteiger partial charge in [-0.3, -0.25) is 10.1 Å². The molecule has 0 radical (unpaired) electrons. The number of nitrogens with zero attached hydrogens (tertiary/aromatic N) is 2. The van der Waals surface area contributed by atoms with Gasteiger partial charge in [0.1, 0.15) is 5.60 Å². The average Bonchev–Trinajstić information content (AvgIpc) is 2.77. The van der Waals surface area contributed by atoms with E-state index < -0.39 is 44.8 Å². The van der Waals surface area contributed by atoms with Crippen molar-refractivity contribution in [1.82, 2.24) is 9.62 Å². The lowest BCUT2D eigenvalue weighted by atomic mass is 10.0. The van der Waals surface area contributed by atoms with E-state index in [-0.39, 0.29) is 36.8 Å². The molecule has 1 aliphatic rings. The lowest BCUT2D eigenvalue weighted by Gasteiger charge is -2.31. The fraction of sp³-hybridized carbons (Fsp3) is 0.560. The number of allylic oxidation sites excluding steroid dienone is 1. The van der Waals surface area contributed by atoms with Crippen molar-refractivity contribution >= 4 is 16.1 Å². The number of rotatable bonds is 11. The molecule has 0 bridgehead atoms. The number of alkyl carbamates (subject to hydrolysis) is 1. The highest BCUT2D eigenvalue weighted by Gasteiger charge is 2.34. The lowest BCUT2D eigenvalue weighted by Crippen LogP contribution is -2.52. The summed E-state index contributed by atoms with van der Waals surface area (Å²) in [5, 5.41) is 24.9. The maximum Gasteiger partial charge on any atom is 0.407 e. The third-order valence-corrected chi connectivity index (χ3v) is 7.25. The van der Waals surface area contributed by atoms with E-state index in [1.807, 2.05) is 44.2 Å². The fourth-order valence-electron chi connectivity index (χ4n) is 3.71. The van der Waals surface area contributed by atoms with Crippen LogP contribution in [0.4, 0.5) is 4.79 Å². The molecule has 0 saturated carbocycles. The Bertz CT molecular complexity index is 1060. The monoisotopic (exact) mass is 523 g/mol. The quantitative estimate of drug-likeness (QED) is 0.335. The number of carbonyl (C=O) groups excluding carboxylic acids is 1. The minimum absolute atomic E-state index is 0.0348. The second-order valence-electron chi connectivity index (χ2n) is 10.3. The zero-order valence-corrected chi connectivity index (χ0v) is 22.3. The van der Waals surface area contributed by atoms with Crippen LogP contribution in [0.5, 0.6) is 0 Å². The van der Waals surface area contributed by atoms with Crippen LogP contribution < -0.4 is 5.32 Å². The highest BCUT2D eigenvalue weighted by molar-refractivity contribution is 7.93. The average molecular weight is 524 g/mol. The zero-order valence-electron chi connectivity index (χ0n) is 21.5. The first-order chi connectivity index (χ1) is 16.7. The summed E-state index contributed by atoms with van der Waals surface area (Å²) in [7, 11) is -4.05. The predicted octanol–water partition coefficient (Wildman–Crippen LogP) is 3.26. The van der Waals surface area contributed by atoms with Crippen molar-refractivity contribution in [3.05, 3.63) is 69.1 Å². The smallest absolute Gasteiger partial charge is 0.407 e. The molecule has 200 valence electrons. The number of ether oxygens (including phenoxy) is 1. The van der Waals surface area contributed by atoms with Crippen LogP contribution in [0.3, 0.4) is 0 Å². The number of nitro groups is 1. The first-order valence-corrected chi connectivity index (χ1v) is 13.4. The van der Waals surface area contributed by atoms with Crippen LogP contribution in [0.15, 0.2) is 53.5 Å². The van der Waals surface area contributed by atoms with E-state index in [1.54, 1.807) is 20.8 Å². The minimum Gasteiger partial charge on any atom is -0.444 e. The second kappa shape index (κ2) is 12.5. The number of sulfonamides is 1. The summed E-state index contributed by atoms with van der Waals surface area (Å²) >= 11 is 0. The molecule has 10 nitrogen and oxygen atoms in total. The molecule has 0 saturated heterocycles. The van der Waals surface area contributed by atoms with Gasteiger partial charge < -0.3 is 15.2 Å². The zero-order chi connectivity index (χ0) is 27.1. The molecule has 1 aliphatic carbocycles. The second-order valence-corrected chi connectivity index (χ2v) is 12.2. The van der Waals surface area contributed by atoms with Gasteiger partial charge in [-0.2, -0.15) is 4.31 Å². The molecule has 0 spiro atoms. The fourth-order valence-corrected chi connectivity index (χ4v) is 5.41. The Balaban J connectivity index is 2.28. The Morgan fingerprint density at radius 2 is 1.89 bits per heavy atom. The molecule has 0 heterocycles. The SMILES string of the molecule is CC(C)CN(CC(O)[C@H](Cc1ccccc1)NC(=O)OC(C)(C)C)S(=O)(=O)C1=CCC([N+](=O)[O-])C=C1. The van der Waals surface area contributed by atoms with Crippen molar-refractivity contribution in [1.29, 1.82) is 0 Å². The molecule has 1 amide bonds. The summed E-state index contributed by atoms with van der Waals surface area (Å²) in [4.78, 5) is 23.0. The van der Waals surface area contributed by atoms with E-state index in [0.29, 0.717) is 0 Å². The highest BCUT2D eigenvalue weighted by atomic mass is 32.2. The van der Waals surface area contributed by atoms with Crippen LogP contribution in [0.1, 0.15) is 46.6 Å². The van der Waals surface area contributed by atoms with Crippen molar-refractivity contribution in [2.24, 2.45) is 5.92 Å². The number of aliphatic hydroxyl groups excluding tert-OH is 1. The molecule has 0 aromatic heterocycles. The molecular formula is C25H37N3O7S. The molecule has 2 unspecified atom stereocenters. The van der Waals surface area contributed by atoms with Gasteiger partial charge in [-0.15, -0.1) is 0 Å². The van der Waals surface area contributed by atoms with Crippen LogP contribution in [0.2, 0.25) is 0 Å². The van der Waals surface area contributed by atoms with E-state index in [1.165, 1.54) is 22.5 Å². The topological polar surface area (TPSA) is 139 Å². The van der Waals surface area contributed by atoms with Crippen molar-refractivity contribution in [2.75, 3.05) is 13.1 Å². The maximum absolute atomic E-state index is 13.4. The summed E-state index contributed by atoms with van der Waals surface area (Å²) in [6, 6.07) is 7.42. The van der Waals surface area contributed by atoms with E-state index in [4.69, 9.17) is 4.74 Å². The molecule has 36 heavy (non-hydrogen) atoms. The molecule has 2 rings (SSSR count). The summed E-state index contributed by atoms with van der Waals surface area (Å²) < 4.78 is 33.4. The number of amides is 1. The van der Waals surface area contributed by atoms with Crippen molar-refractivity contribution in [2.45, 2.75) is 71.2 Å². The van der Waals surface area contributed by atoms with Gasteiger partial charge in [-0.25, -0.2) is 13.2 Å². The first-order valence-electron chi connectivity index (χ1n) is 11.9. The van der Waals surface area contributed by atoms with Crippen LogP contribution in [0, 0.1) is 16.0 Å². The minimum atomic E-state index is -4.05. The van der Waals surface area contributed by atoms with Crippen molar-refractivity contribution < 1.29 is 28.0 Å². The van der Waals surface area contributed by atoms with E-state index in [9.17, 15) is 28.4 Å². The van der Waals surface area contributed by atoms with Gasteiger partial charge in [0.25, 0.3) is 0 Å². The standard InChI is InChI=1S/C25H37N3O7S/c1-18(2)16-27(36(33,34)21-13-11-20(12-14-21)28(31)32)17-23(29)22(15-19-9-7-6-8-10-19)26-24(30)35-25(3,4)5/h6-11,13-14,18,20,22-23,29H,12,15-17H2,1-5H3,(H,26,30)/t20?,22-,23?/m0/s1. The Morgan fingerprint density at radius 1 is 1.25 bits per heavy atom. The molecule has 2 N–H and O–H groups in total. The van der Waals surface area contributed by atoms with Gasteiger partial charge in [-0.1, -0.05) is 50.3 Å². The van der Waals surface area contributed by atoms with Gasteiger partial charge >= 0.3 is 6.09 Å². The van der Waals surface area contributed by atoms with E-state index in [0.717, 1.165) is 5.56 Å². The summed E-state index contributed by atoms with van der Waals surface area (Å²) in [5.74, 6) is -0.0574. The predicted molar refractivity (Wildman–Crippen MR) is 137 cm³/mol. The summed E-state index contributed by atoms with van der Waals surface area (Å²) in [6.07, 6.45) is 2.08. The van der Waals surface area contributed by atoms with Crippen molar-refractivity contribution in [3.63, 3.8) is 0 Å². The Labute approximate surface area is 213 Å². The molecule has 0 fully saturated rings. The third-order valence-electron chi connectivity index (χ3n) is 5.38. The van der Waals surface area contributed by atoms with Gasteiger partial charge in [0.15, 0.2) is 0 Å². The Morgan fingerprint density at radius 3 is 2.39 bits per heavy atom. The normalized spacial score (nSPS) is 18.0. The summed E-state index contributed by atoms with van der Waals surface area (Å²) in [6.45, 7) is 8.71.